The quantitative estimate of drug-likeness (QED) is 0.467. The number of aliphatic carboxylic acids is 1. The van der Waals surface area contributed by atoms with E-state index < -0.39 is 5.97 Å². The summed E-state index contributed by atoms with van der Waals surface area (Å²) in [6.45, 7) is 4.08. The number of amides is 2. The van der Waals surface area contributed by atoms with E-state index in [2.05, 4.69) is 17.6 Å². The average Bonchev–Trinajstić information content (AvgIpc) is 2.58. The number of hydrogen-bond acceptors (Lipinski definition) is 2. The Hall–Kier alpha value is -2.04. The minimum Gasteiger partial charge on any atom is -0.481 e. The molecule has 0 aliphatic heterocycles. The summed E-state index contributed by atoms with van der Waals surface area (Å²) in [7, 11) is 0. The number of carbonyl (C=O) groups excluding carboxylic acids is 1. The molecule has 0 radical (unpaired) electrons. The van der Waals surface area contributed by atoms with Gasteiger partial charge in [0.15, 0.2) is 0 Å². The SMILES string of the molecule is CCCCCCCCc1ccc(NC(=O)N[C@@H](CC)CC(=O)O)cc1. The molecule has 2 amide bonds. The number of hydrogen-bond donors (Lipinski definition) is 3. The van der Waals surface area contributed by atoms with E-state index in [1.165, 1.54) is 44.1 Å². The van der Waals surface area contributed by atoms with Gasteiger partial charge in [-0.25, -0.2) is 4.79 Å². The number of urea groups is 1. The number of rotatable bonds is 12. The van der Waals surface area contributed by atoms with Gasteiger partial charge in [0, 0.05) is 11.7 Å². The summed E-state index contributed by atoms with van der Waals surface area (Å²) in [5.74, 6) is -0.911. The van der Waals surface area contributed by atoms with Crippen molar-refractivity contribution in [3.8, 4) is 0 Å². The lowest BCUT2D eigenvalue weighted by Crippen LogP contribution is -2.38. The first-order chi connectivity index (χ1) is 12.0. The van der Waals surface area contributed by atoms with Crippen LogP contribution in [-0.4, -0.2) is 23.1 Å². The lowest BCUT2D eigenvalue weighted by molar-refractivity contribution is -0.137. The fourth-order valence-electron chi connectivity index (χ4n) is 2.72. The third-order valence-corrected chi connectivity index (χ3v) is 4.28. The molecule has 1 aromatic rings. The highest BCUT2D eigenvalue weighted by molar-refractivity contribution is 5.89. The zero-order chi connectivity index (χ0) is 18.5. The molecule has 5 heteroatoms. The standard InChI is InChI=1S/C20H32N2O3/c1-3-5-6-7-8-9-10-16-11-13-18(14-12-16)22-20(25)21-17(4-2)15-19(23)24/h11-14,17H,3-10,15H2,1-2H3,(H,23,24)(H2,21,22,25)/t17-/m0/s1. The minimum atomic E-state index is -0.911. The molecule has 0 aromatic heterocycles. The van der Waals surface area contributed by atoms with Crippen LogP contribution in [0.25, 0.3) is 0 Å². The Kier molecular flexibility index (Phi) is 10.4. The number of aryl methyl sites for hydroxylation is 1. The molecular weight excluding hydrogens is 316 g/mol. The molecule has 0 heterocycles. The van der Waals surface area contributed by atoms with Crippen molar-refractivity contribution in [3.05, 3.63) is 29.8 Å². The fourth-order valence-corrected chi connectivity index (χ4v) is 2.72. The van der Waals surface area contributed by atoms with Crippen LogP contribution in [-0.2, 0) is 11.2 Å². The fraction of sp³-hybridized carbons (Fsp3) is 0.600. The molecule has 0 aliphatic rings. The summed E-state index contributed by atoms with van der Waals surface area (Å²) >= 11 is 0. The Morgan fingerprint density at radius 3 is 2.24 bits per heavy atom. The second-order valence-electron chi connectivity index (χ2n) is 6.52. The van der Waals surface area contributed by atoms with Crippen LogP contribution in [0.2, 0.25) is 0 Å². The molecule has 0 aliphatic carbocycles. The maximum absolute atomic E-state index is 11.9. The molecule has 0 saturated heterocycles. The van der Waals surface area contributed by atoms with Gasteiger partial charge in [-0.05, 0) is 37.0 Å². The van der Waals surface area contributed by atoms with Gasteiger partial charge in [0.25, 0.3) is 0 Å². The lowest BCUT2D eigenvalue weighted by Gasteiger charge is -2.15. The van der Waals surface area contributed by atoms with Gasteiger partial charge in [0.05, 0.1) is 6.42 Å². The molecule has 0 spiro atoms. The maximum Gasteiger partial charge on any atom is 0.319 e. The number of nitrogens with one attached hydrogen (secondary N) is 2. The summed E-state index contributed by atoms with van der Waals surface area (Å²) in [4.78, 5) is 22.7. The van der Waals surface area contributed by atoms with Crippen molar-refractivity contribution in [3.63, 3.8) is 0 Å². The van der Waals surface area contributed by atoms with Gasteiger partial charge in [0.2, 0.25) is 0 Å². The van der Waals surface area contributed by atoms with E-state index in [-0.39, 0.29) is 18.5 Å². The molecule has 3 N–H and O–H groups in total. The van der Waals surface area contributed by atoms with Gasteiger partial charge < -0.3 is 15.7 Å². The molecular formula is C20H32N2O3. The smallest absolute Gasteiger partial charge is 0.319 e. The van der Waals surface area contributed by atoms with Gasteiger partial charge >= 0.3 is 12.0 Å². The van der Waals surface area contributed by atoms with Crippen LogP contribution in [0.4, 0.5) is 10.5 Å². The summed E-state index contributed by atoms with van der Waals surface area (Å²) in [5, 5.41) is 14.3. The third kappa shape index (κ3) is 9.75. The zero-order valence-corrected chi connectivity index (χ0v) is 15.5. The number of carbonyl (C=O) groups is 2. The van der Waals surface area contributed by atoms with Crippen molar-refractivity contribution in [2.75, 3.05) is 5.32 Å². The van der Waals surface area contributed by atoms with Crippen molar-refractivity contribution < 1.29 is 14.7 Å². The Morgan fingerprint density at radius 2 is 1.64 bits per heavy atom. The second kappa shape index (κ2) is 12.3. The van der Waals surface area contributed by atoms with E-state index in [0.717, 1.165) is 12.1 Å². The van der Waals surface area contributed by atoms with Gasteiger partial charge in [-0.15, -0.1) is 0 Å². The molecule has 25 heavy (non-hydrogen) atoms. The average molecular weight is 348 g/mol. The van der Waals surface area contributed by atoms with Gasteiger partial charge in [-0.1, -0.05) is 58.1 Å². The molecule has 0 saturated carbocycles. The third-order valence-electron chi connectivity index (χ3n) is 4.28. The van der Waals surface area contributed by atoms with Crippen molar-refractivity contribution in [2.24, 2.45) is 0 Å². The van der Waals surface area contributed by atoms with E-state index in [9.17, 15) is 9.59 Å². The number of carboxylic acids is 1. The molecule has 1 aromatic carbocycles. The Morgan fingerprint density at radius 1 is 1.00 bits per heavy atom. The van der Waals surface area contributed by atoms with Crippen LogP contribution in [0, 0.1) is 0 Å². The predicted octanol–water partition coefficient (Wildman–Crippen LogP) is 4.96. The molecule has 5 nitrogen and oxygen atoms in total. The summed E-state index contributed by atoms with van der Waals surface area (Å²) in [6, 6.07) is 7.14. The van der Waals surface area contributed by atoms with Gasteiger partial charge in [-0.3, -0.25) is 4.79 Å². The Bertz CT molecular complexity index is 514. The first-order valence-electron chi connectivity index (χ1n) is 9.43. The second-order valence-corrected chi connectivity index (χ2v) is 6.52. The molecule has 140 valence electrons. The summed E-state index contributed by atoms with van der Waals surface area (Å²) in [6.07, 6.45) is 9.28. The van der Waals surface area contributed by atoms with Crippen LogP contribution in [0.3, 0.4) is 0 Å². The summed E-state index contributed by atoms with van der Waals surface area (Å²) < 4.78 is 0. The Labute approximate surface area is 151 Å². The lowest BCUT2D eigenvalue weighted by atomic mass is 10.0. The molecule has 0 bridgehead atoms. The van der Waals surface area contributed by atoms with E-state index in [4.69, 9.17) is 5.11 Å². The van der Waals surface area contributed by atoms with Gasteiger partial charge in [-0.2, -0.15) is 0 Å². The minimum absolute atomic E-state index is 0.0683. The van der Waals surface area contributed by atoms with E-state index in [1.807, 2.05) is 31.2 Å². The predicted molar refractivity (Wildman–Crippen MR) is 102 cm³/mol. The highest BCUT2D eigenvalue weighted by Crippen LogP contribution is 2.13. The van der Waals surface area contributed by atoms with Crippen molar-refractivity contribution in [2.45, 2.75) is 77.7 Å². The van der Waals surface area contributed by atoms with Crippen LogP contribution >= 0.6 is 0 Å². The number of anilines is 1. The summed E-state index contributed by atoms with van der Waals surface area (Å²) in [5.41, 5.74) is 1.99. The monoisotopic (exact) mass is 348 g/mol. The van der Waals surface area contributed by atoms with Gasteiger partial charge in [0.1, 0.15) is 0 Å². The molecule has 0 unspecified atom stereocenters. The van der Waals surface area contributed by atoms with Crippen LogP contribution in [0.1, 0.15) is 70.8 Å². The molecule has 0 fully saturated rings. The van der Waals surface area contributed by atoms with Crippen molar-refractivity contribution >= 4 is 17.7 Å². The number of carboxylic acid groups (broad SMARTS) is 1. The van der Waals surface area contributed by atoms with Crippen LogP contribution in [0.5, 0.6) is 0 Å². The zero-order valence-electron chi connectivity index (χ0n) is 15.5. The highest BCUT2D eigenvalue weighted by Gasteiger charge is 2.13. The van der Waals surface area contributed by atoms with E-state index in [0.29, 0.717) is 6.42 Å². The van der Waals surface area contributed by atoms with E-state index in [1.54, 1.807) is 0 Å². The molecule has 1 atom stereocenters. The Balaban J connectivity index is 2.33. The highest BCUT2D eigenvalue weighted by atomic mass is 16.4. The van der Waals surface area contributed by atoms with Crippen LogP contribution < -0.4 is 10.6 Å². The normalized spacial score (nSPS) is 11.8. The van der Waals surface area contributed by atoms with Crippen molar-refractivity contribution in [1.82, 2.24) is 5.32 Å². The topological polar surface area (TPSA) is 78.4 Å². The largest absolute Gasteiger partial charge is 0.481 e. The number of benzene rings is 1. The van der Waals surface area contributed by atoms with Crippen molar-refractivity contribution in [1.29, 1.82) is 0 Å². The van der Waals surface area contributed by atoms with E-state index >= 15 is 0 Å². The molecule has 1 rings (SSSR count). The first kappa shape index (κ1) is 21.0. The first-order valence-corrected chi connectivity index (χ1v) is 9.43. The van der Waals surface area contributed by atoms with Crippen LogP contribution in [0.15, 0.2) is 24.3 Å². The number of unbranched alkanes of at least 4 members (excludes halogenated alkanes) is 5. The maximum atomic E-state index is 11.9.